The highest BCUT2D eigenvalue weighted by atomic mass is 16.5. The Hall–Kier alpha value is -2.37. The summed E-state index contributed by atoms with van der Waals surface area (Å²) in [5.41, 5.74) is 1.05. The van der Waals surface area contributed by atoms with Gasteiger partial charge in [-0.1, -0.05) is 18.2 Å². The Labute approximate surface area is 141 Å². The van der Waals surface area contributed by atoms with Crippen LogP contribution < -0.4 is 4.74 Å². The van der Waals surface area contributed by atoms with E-state index >= 15 is 0 Å². The summed E-state index contributed by atoms with van der Waals surface area (Å²) in [5, 5.41) is 8.54. The van der Waals surface area contributed by atoms with Crippen molar-refractivity contribution in [2.75, 3.05) is 6.61 Å². The molecule has 6 heteroatoms. The molecule has 2 atom stereocenters. The van der Waals surface area contributed by atoms with Gasteiger partial charge in [-0.2, -0.15) is 15.0 Å². The van der Waals surface area contributed by atoms with Crippen molar-refractivity contribution < 1.29 is 9.53 Å². The Kier molecular flexibility index (Phi) is 3.96. The summed E-state index contributed by atoms with van der Waals surface area (Å²) in [6.45, 7) is 2.11. The summed E-state index contributed by atoms with van der Waals surface area (Å²) in [6.07, 6.45) is 7.44. The van der Waals surface area contributed by atoms with E-state index in [0.29, 0.717) is 6.04 Å². The lowest BCUT2D eigenvalue weighted by molar-refractivity contribution is -0.138. The molecule has 2 bridgehead atoms. The number of hydrogen-bond donors (Lipinski definition) is 0. The topological polar surface area (TPSA) is 60.2 Å². The second kappa shape index (κ2) is 6.26. The van der Waals surface area contributed by atoms with Gasteiger partial charge in [-0.05, 0) is 44.2 Å². The minimum Gasteiger partial charge on any atom is -0.484 e. The highest BCUT2D eigenvalue weighted by molar-refractivity contribution is 5.79. The minimum absolute atomic E-state index is 0.0950. The van der Waals surface area contributed by atoms with Crippen LogP contribution in [-0.4, -0.2) is 44.5 Å². The van der Waals surface area contributed by atoms with Gasteiger partial charge < -0.3 is 9.64 Å². The van der Waals surface area contributed by atoms with Gasteiger partial charge in [0.25, 0.3) is 5.91 Å². The van der Waals surface area contributed by atoms with Gasteiger partial charge in [0.05, 0.1) is 18.4 Å². The van der Waals surface area contributed by atoms with E-state index in [-0.39, 0.29) is 24.6 Å². The summed E-state index contributed by atoms with van der Waals surface area (Å²) in [5.74, 6) is 0.881. The third kappa shape index (κ3) is 2.77. The molecule has 3 heterocycles. The number of carbonyl (C=O) groups is 1. The molecular formula is C18H22N4O2. The van der Waals surface area contributed by atoms with Gasteiger partial charge in [0, 0.05) is 12.1 Å². The van der Waals surface area contributed by atoms with Crippen molar-refractivity contribution in [3.63, 3.8) is 0 Å². The van der Waals surface area contributed by atoms with Crippen LogP contribution in [0.2, 0.25) is 0 Å². The number of hydrogen-bond acceptors (Lipinski definition) is 4. The maximum absolute atomic E-state index is 12.7. The first-order valence-electron chi connectivity index (χ1n) is 8.58. The van der Waals surface area contributed by atoms with Gasteiger partial charge in [-0.3, -0.25) is 4.79 Å². The first kappa shape index (κ1) is 15.2. The summed E-state index contributed by atoms with van der Waals surface area (Å²) in [7, 11) is 0. The van der Waals surface area contributed by atoms with Crippen LogP contribution in [0.3, 0.4) is 0 Å². The zero-order chi connectivity index (χ0) is 16.5. The van der Waals surface area contributed by atoms with E-state index < -0.39 is 0 Å². The molecule has 2 aromatic rings. The average molecular weight is 326 g/mol. The zero-order valence-corrected chi connectivity index (χ0v) is 13.8. The van der Waals surface area contributed by atoms with E-state index in [4.69, 9.17) is 4.74 Å². The Morgan fingerprint density at radius 3 is 2.46 bits per heavy atom. The highest BCUT2D eigenvalue weighted by Crippen LogP contribution is 2.40. The molecule has 126 valence electrons. The van der Waals surface area contributed by atoms with Gasteiger partial charge in [0.1, 0.15) is 5.75 Å². The predicted molar refractivity (Wildman–Crippen MR) is 88.6 cm³/mol. The number of aryl methyl sites for hydroxylation is 1. The van der Waals surface area contributed by atoms with Crippen molar-refractivity contribution in [1.29, 1.82) is 0 Å². The lowest BCUT2D eigenvalue weighted by Crippen LogP contribution is -2.48. The Morgan fingerprint density at radius 2 is 1.79 bits per heavy atom. The Morgan fingerprint density at radius 1 is 1.12 bits per heavy atom. The lowest BCUT2D eigenvalue weighted by atomic mass is 9.98. The second-order valence-electron chi connectivity index (χ2n) is 6.71. The molecule has 0 radical (unpaired) electrons. The number of ether oxygens (including phenoxy) is 1. The smallest absolute Gasteiger partial charge is 0.261 e. The Balaban J connectivity index is 1.40. The van der Waals surface area contributed by atoms with E-state index in [0.717, 1.165) is 37.0 Å². The molecule has 0 saturated carbocycles. The first-order valence-corrected chi connectivity index (χ1v) is 8.58. The summed E-state index contributed by atoms with van der Waals surface area (Å²) < 4.78 is 5.75. The SMILES string of the molecule is Cc1ccccc1OCC(=O)N1C2CCC1CC(n1nccn1)C2. The fraction of sp³-hybridized carbons (Fsp3) is 0.500. The fourth-order valence-corrected chi connectivity index (χ4v) is 4.09. The highest BCUT2D eigenvalue weighted by Gasteiger charge is 2.44. The van der Waals surface area contributed by atoms with Crippen LogP contribution in [0.4, 0.5) is 0 Å². The van der Waals surface area contributed by atoms with Crippen molar-refractivity contribution in [2.24, 2.45) is 0 Å². The van der Waals surface area contributed by atoms with E-state index in [2.05, 4.69) is 15.1 Å². The van der Waals surface area contributed by atoms with Crippen molar-refractivity contribution in [3.05, 3.63) is 42.2 Å². The number of carbonyl (C=O) groups excluding carboxylic acids is 1. The van der Waals surface area contributed by atoms with Crippen LogP contribution in [-0.2, 0) is 4.79 Å². The van der Waals surface area contributed by atoms with Crippen LogP contribution in [0.15, 0.2) is 36.7 Å². The fourth-order valence-electron chi connectivity index (χ4n) is 4.09. The van der Waals surface area contributed by atoms with E-state index in [1.165, 1.54) is 0 Å². The standard InChI is InChI=1S/C18H22N4O2/c1-13-4-2-3-5-17(13)24-12-18(23)21-14-6-7-15(21)11-16(10-14)22-19-8-9-20-22/h2-5,8-9,14-16H,6-7,10-12H2,1H3. The number of para-hydroxylation sites is 1. The first-order chi connectivity index (χ1) is 11.7. The van der Waals surface area contributed by atoms with Gasteiger partial charge in [0.2, 0.25) is 0 Å². The van der Waals surface area contributed by atoms with E-state index in [1.807, 2.05) is 31.2 Å². The van der Waals surface area contributed by atoms with Crippen molar-refractivity contribution >= 4 is 5.91 Å². The second-order valence-corrected chi connectivity index (χ2v) is 6.71. The average Bonchev–Trinajstić information content (AvgIpc) is 3.21. The van der Waals surface area contributed by atoms with Crippen LogP contribution in [0, 0.1) is 6.92 Å². The van der Waals surface area contributed by atoms with Gasteiger partial charge in [-0.15, -0.1) is 0 Å². The molecule has 1 aromatic heterocycles. The molecule has 2 fully saturated rings. The number of fused-ring (bicyclic) bond motifs is 2. The van der Waals surface area contributed by atoms with Crippen molar-refractivity contribution in [3.8, 4) is 5.75 Å². The molecule has 2 aliphatic heterocycles. The molecule has 2 aliphatic rings. The molecule has 0 spiro atoms. The number of piperidine rings is 1. The van der Waals surface area contributed by atoms with E-state index in [9.17, 15) is 4.79 Å². The molecule has 24 heavy (non-hydrogen) atoms. The quantitative estimate of drug-likeness (QED) is 0.865. The van der Waals surface area contributed by atoms with Crippen molar-refractivity contribution in [1.82, 2.24) is 19.9 Å². The Bertz CT molecular complexity index is 702. The lowest BCUT2D eigenvalue weighted by Gasteiger charge is -2.38. The maximum atomic E-state index is 12.7. The number of rotatable bonds is 4. The number of aromatic nitrogens is 3. The molecular weight excluding hydrogens is 304 g/mol. The molecule has 2 unspecified atom stereocenters. The summed E-state index contributed by atoms with van der Waals surface area (Å²) >= 11 is 0. The van der Waals surface area contributed by atoms with Crippen LogP contribution in [0.1, 0.15) is 37.3 Å². The normalized spacial score (nSPS) is 25.7. The summed E-state index contributed by atoms with van der Waals surface area (Å²) in [4.78, 5) is 16.6. The van der Waals surface area contributed by atoms with E-state index in [1.54, 1.807) is 17.2 Å². The molecule has 6 nitrogen and oxygen atoms in total. The molecule has 1 aromatic carbocycles. The largest absolute Gasteiger partial charge is 0.484 e. The predicted octanol–water partition coefficient (Wildman–Crippen LogP) is 2.36. The van der Waals surface area contributed by atoms with Crippen molar-refractivity contribution in [2.45, 2.75) is 50.7 Å². The molecule has 4 rings (SSSR count). The van der Waals surface area contributed by atoms with Crippen LogP contribution in [0.5, 0.6) is 5.75 Å². The number of amides is 1. The van der Waals surface area contributed by atoms with Crippen LogP contribution >= 0.6 is 0 Å². The number of nitrogens with zero attached hydrogens (tertiary/aromatic N) is 4. The summed E-state index contributed by atoms with van der Waals surface area (Å²) in [6, 6.07) is 8.68. The molecule has 2 saturated heterocycles. The van der Waals surface area contributed by atoms with Gasteiger partial charge in [-0.25, -0.2) is 0 Å². The molecule has 0 N–H and O–H groups in total. The minimum atomic E-state index is 0.0950. The third-order valence-corrected chi connectivity index (χ3v) is 5.20. The van der Waals surface area contributed by atoms with Gasteiger partial charge in [0.15, 0.2) is 6.61 Å². The van der Waals surface area contributed by atoms with Crippen LogP contribution in [0.25, 0.3) is 0 Å². The molecule has 1 amide bonds. The molecule has 0 aliphatic carbocycles. The monoisotopic (exact) mass is 326 g/mol. The zero-order valence-electron chi connectivity index (χ0n) is 13.8. The number of benzene rings is 1. The third-order valence-electron chi connectivity index (χ3n) is 5.20. The van der Waals surface area contributed by atoms with Gasteiger partial charge >= 0.3 is 0 Å². The maximum Gasteiger partial charge on any atom is 0.261 e.